The largest absolute Gasteiger partial charge is 0.497 e. The number of carbonyl (C=O) groups is 1. The maximum absolute atomic E-state index is 12.9. The molecule has 6 nitrogen and oxygen atoms in total. The Morgan fingerprint density at radius 2 is 1.56 bits per heavy atom. The molecule has 0 aliphatic rings. The first-order valence-electron chi connectivity index (χ1n) is 10.1. The van der Waals surface area contributed by atoms with Crippen LogP contribution in [0, 0.1) is 0 Å². The molecule has 5 rings (SSSR count). The fourth-order valence-electron chi connectivity index (χ4n) is 3.90. The molecular formula is C26H20N2O4. The van der Waals surface area contributed by atoms with Gasteiger partial charge in [-0.15, -0.1) is 0 Å². The number of ether oxygens (including phenoxy) is 1. The van der Waals surface area contributed by atoms with Crippen molar-refractivity contribution in [2.24, 2.45) is 0 Å². The van der Waals surface area contributed by atoms with Crippen molar-refractivity contribution < 1.29 is 13.9 Å². The monoisotopic (exact) mass is 424 g/mol. The van der Waals surface area contributed by atoms with Gasteiger partial charge in [-0.05, 0) is 65.7 Å². The first-order valence-corrected chi connectivity index (χ1v) is 10.1. The highest BCUT2D eigenvalue weighted by Crippen LogP contribution is 2.33. The summed E-state index contributed by atoms with van der Waals surface area (Å²) in [5.41, 5.74) is 5.26. The lowest BCUT2D eigenvalue weighted by Crippen LogP contribution is -2.17. The van der Waals surface area contributed by atoms with Crippen LogP contribution >= 0.6 is 0 Å². The number of benzene rings is 3. The average molecular weight is 424 g/mol. The second kappa shape index (κ2) is 7.74. The number of methoxy groups -OCH3 is 1. The number of hydrogen-bond donors (Lipinski definition) is 1. The van der Waals surface area contributed by atoms with Gasteiger partial charge in [0.15, 0.2) is 5.58 Å². The van der Waals surface area contributed by atoms with Crippen LogP contribution in [-0.2, 0) is 4.79 Å². The summed E-state index contributed by atoms with van der Waals surface area (Å²) in [6.45, 7) is 1.46. The Labute approximate surface area is 183 Å². The second-order valence-corrected chi connectivity index (χ2v) is 7.49. The first kappa shape index (κ1) is 19.6. The van der Waals surface area contributed by atoms with Gasteiger partial charge in [0, 0.05) is 29.8 Å². The van der Waals surface area contributed by atoms with Gasteiger partial charge < -0.3 is 14.5 Å². The van der Waals surface area contributed by atoms with E-state index in [9.17, 15) is 9.59 Å². The van der Waals surface area contributed by atoms with Gasteiger partial charge >= 0.3 is 0 Å². The van der Waals surface area contributed by atoms with Crippen LogP contribution in [0.3, 0.4) is 0 Å². The predicted molar refractivity (Wildman–Crippen MR) is 126 cm³/mol. The molecule has 0 radical (unpaired) electrons. The number of aromatic nitrogens is 1. The van der Waals surface area contributed by atoms with E-state index in [1.165, 1.54) is 13.0 Å². The van der Waals surface area contributed by atoms with Crippen LogP contribution in [0.25, 0.3) is 38.9 Å². The number of fused-ring (bicyclic) bond motifs is 3. The van der Waals surface area contributed by atoms with Crippen molar-refractivity contribution in [1.82, 2.24) is 4.57 Å². The molecule has 1 N–H and O–H groups in total. The number of carbonyl (C=O) groups excluding carboxylic acids is 1. The number of pyridine rings is 1. The molecule has 0 aliphatic carbocycles. The fourth-order valence-corrected chi connectivity index (χ4v) is 3.90. The zero-order valence-corrected chi connectivity index (χ0v) is 17.6. The molecule has 5 aromatic rings. The van der Waals surface area contributed by atoms with E-state index in [0.717, 1.165) is 22.3 Å². The van der Waals surface area contributed by atoms with Gasteiger partial charge in [-0.3, -0.25) is 14.2 Å². The summed E-state index contributed by atoms with van der Waals surface area (Å²) in [6, 6.07) is 24.1. The highest BCUT2D eigenvalue weighted by molar-refractivity contribution is 6.05. The van der Waals surface area contributed by atoms with E-state index < -0.39 is 0 Å². The Morgan fingerprint density at radius 1 is 0.875 bits per heavy atom. The van der Waals surface area contributed by atoms with Gasteiger partial charge in [-0.2, -0.15) is 0 Å². The molecule has 0 spiro atoms. The summed E-state index contributed by atoms with van der Waals surface area (Å²) in [4.78, 5) is 24.2. The highest BCUT2D eigenvalue weighted by Gasteiger charge is 2.15. The number of nitrogens with one attached hydrogen (secondary N) is 1. The van der Waals surface area contributed by atoms with Crippen molar-refractivity contribution in [2.45, 2.75) is 6.92 Å². The summed E-state index contributed by atoms with van der Waals surface area (Å²) >= 11 is 0. The standard InChI is InChI=1S/C26H20N2O4/c1-16(29)27-19-6-8-20(9-7-19)28-25(30)14-13-24-26(28)22-15-18(5-12-23(22)32-24)17-3-10-21(31-2)11-4-17/h3-15H,1-2H3,(H,27,29). The summed E-state index contributed by atoms with van der Waals surface area (Å²) in [7, 11) is 1.64. The third-order valence-electron chi connectivity index (χ3n) is 5.38. The summed E-state index contributed by atoms with van der Waals surface area (Å²) in [5.74, 6) is 0.643. The smallest absolute Gasteiger partial charge is 0.255 e. The lowest BCUT2D eigenvalue weighted by Gasteiger charge is -2.09. The second-order valence-electron chi connectivity index (χ2n) is 7.49. The molecule has 2 aromatic heterocycles. The summed E-state index contributed by atoms with van der Waals surface area (Å²) in [5, 5.41) is 3.58. The van der Waals surface area contributed by atoms with Gasteiger partial charge in [0.1, 0.15) is 16.8 Å². The summed E-state index contributed by atoms with van der Waals surface area (Å²) < 4.78 is 12.9. The molecule has 0 atom stereocenters. The van der Waals surface area contributed by atoms with Crippen molar-refractivity contribution in [2.75, 3.05) is 12.4 Å². The molecule has 158 valence electrons. The van der Waals surface area contributed by atoms with Crippen molar-refractivity contribution in [3.63, 3.8) is 0 Å². The van der Waals surface area contributed by atoms with E-state index in [2.05, 4.69) is 5.32 Å². The molecule has 0 aliphatic heterocycles. The predicted octanol–water partition coefficient (Wildman–Crippen LogP) is 5.37. The molecule has 0 unspecified atom stereocenters. The molecule has 3 aromatic carbocycles. The quantitative estimate of drug-likeness (QED) is 0.421. The van der Waals surface area contributed by atoms with Gasteiger partial charge in [0.25, 0.3) is 5.56 Å². The van der Waals surface area contributed by atoms with E-state index >= 15 is 0 Å². The topological polar surface area (TPSA) is 73.5 Å². The third-order valence-corrected chi connectivity index (χ3v) is 5.38. The minimum absolute atomic E-state index is 0.149. The number of nitrogens with zero attached hydrogens (tertiary/aromatic N) is 1. The van der Waals surface area contributed by atoms with Gasteiger partial charge in [-0.25, -0.2) is 0 Å². The van der Waals surface area contributed by atoms with Crippen LogP contribution in [0.1, 0.15) is 6.92 Å². The van der Waals surface area contributed by atoms with Crippen LogP contribution in [0.5, 0.6) is 5.75 Å². The molecule has 0 bridgehead atoms. The fraction of sp³-hybridized carbons (Fsp3) is 0.0769. The SMILES string of the molecule is COc1ccc(-c2ccc3oc4ccc(=O)n(-c5ccc(NC(C)=O)cc5)c4c3c2)cc1. The van der Waals surface area contributed by atoms with Gasteiger partial charge in [0.2, 0.25) is 5.91 Å². The highest BCUT2D eigenvalue weighted by atomic mass is 16.5. The van der Waals surface area contributed by atoms with Crippen LogP contribution in [0.15, 0.2) is 88.1 Å². The number of furan rings is 1. The first-order chi connectivity index (χ1) is 15.5. The molecular weight excluding hydrogens is 404 g/mol. The Hall–Kier alpha value is -4.32. The van der Waals surface area contributed by atoms with E-state index in [1.807, 2.05) is 42.5 Å². The number of amides is 1. The maximum Gasteiger partial charge on any atom is 0.255 e. The Morgan fingerprint density at radius 3 is 2.25 bits per heavy atom. The molecule has 0 saturated heterocycles. The number of hydrogen-bond acceptors (Lipinski definition) is 4. The van der Waals surface area contributed by atoms with Crippen LogP contribution in [0.2, 0.25) is 0 Å². The zero-order valence-electron chi connectivity index (χ0n) is 17.6. The summed E-state index contributed by atoms with van der Waals surface area (Å²) in [6.07, 6.45) is 0. The van der Waals surface area contributed by atoms with Gasteiger partial charge in [-0.1, -0.05) is 18.2 Å². The van der Waals surface area contributed by atoms with Gasteiger partial charge in [0.05, 0.1) is 7.11 Å². The zero-order chi connectivity index (χ0) is 22.2. The lowest BCUT2D eigenvalue weighted by molar-refractivity contribution is -0.114. The average Bonchev–Trinajstić information content (AvgIpc) is 3.17. The molecule has 2 heterocycles. The van der Waals surface area contributed by atoms with Crippen molar-refractivity contribution in [3.05, 3.63) is 89.2 Å². The van der Waals surface area contributed by atoms with Crippen molar-refractivity contribution >= 4 is 33.7 Å². The van der Waals surface area contributed by atoms with E-state index in [-0.39, 0.29) is 11.5 Å². The van der Waals surface area contributed by atoms with Crippen molar-refractivity contribution in [3.8, 4) is 22.6 Å². The van der Waals surface area contributed by atoms with Crippen molar-refractivity contribution in [1.29, 1.82) is 0 Å². The van der Waals surface area contributed by atoms with E-state index in [0.29, 0.717) is 28.1 Å². The molecule has 32 heavy (non-hydrogen) atoms. The number of rotatable bonds is 4. The Balaban J connectivity index is 1.69. The minimum atomic E-state index is -0.165. The lowest BCUT2D eigenvalue weighted by atomic mass is 10.0. The minimum Gasteiger partial charge on any atom is -0.497 e. The number of anilines is 1. The van der Waals surface area contributed by atoms with Crippen LogP contribution < -0.4 is 15.6 Å². The third kappa shape index (κ3) is 3.41. The van der Waals surface area contributed by atoms with E-state index in [4.69, 9.17) is 9.15 Å². The molecule has 6 heteroatoms. The van der Waals surface area contributed by atoms with Crippen LogP contribution in [0.4, 0.5) is 5.69 Å². The normalized spacial score (nSPS) is 11.1. The Bertz CT molecular complexity index is 1510. The molecule has 1 amide bonds. The maximum atomic E-state index is 12.9. The van der Waals surface area contributed by atoms with Crippen LogP contribution in [-0.4, -0.2) is 17.6 Å². The molecule has 0 fully saturated rings. The molecule has 0 saturated carbocycles. The van der Waals surface area contributed by atoms with E-state index in [1.54, 1.807) is 42.0 Å². The Kier molecular flexibility index (Phi) is 4.75.